The molecule has 0 N–H and O–H groups in total. The van der Waals surface area contributed by atoms with Crippen LogP contribution in [-0.4, -0.2) is 17.4 Å². The largest absolute Gasteiger partial charge is 0.486 e. The number of hydrogen-bond acceptors (Lipinski definition) is 5. The summed E-state index contributed by atoms with van der Waals surface area (Å²) in [6.07, 6.45) is 80.3. The summed E-state index contributed by atoms with van der Waals surface area (Å²) < 4.78 is 42.4. The molecular formula is C122H118F2N2O2S. The van der Waals surface area contributed by atoms with Gasteiger partial charge in [-0.3, -0.25) is 0 Å². The number of rotatable bonds is 20. The molecule has 0 saturated carbocycles. The van der Waals surface area contributed by atoms with Crippen LogP contribution in [0.4, 0.5) is 20.2 Å². The smallest absolute Gasteiger partial charge is 0.123 e. The molecule has 0 saturated heterocycles. The van der Waals surface area contributed by atoms with Gasteiger partial charge in [0.15, 0.2) is 0 Å². The Labute approximate surface area is 768 Å². The number of halogens is 2. The first-order chi connectivity index (χ1) is 62.8. The maximum absolute atomic E-state index is 14.4. The number of benzene rings is 7. The van der Waals surface area contributed by atoms with Crippen molar-refractivity contribution < 1.29 is 18.3 Å². The molecule has 13 aliphatic carbocycles. The van der Waals surface area contributed by atoms with Crippen molar-refractivity contribution in [2.75, 3.05) is 9.80 Å². The van der Waals surface area contributed by atoms with Crippen molar-refractivity contribution in [3.8, 4) is 16.9 Å². The third kappa shape index (κ3) is 15.8. The molecule has 21 rings (SSSR count). The molecule has 648 valence electrons. The van der Waals surface area contributed by atoms with E-state index in [2.05, 4.69) is 374 Å². The highest BCUT2D eigenvalue weighted by atomic mass is 32.2. The van der Waals surface area contributed by atoms with E-state index in [1.165, 1.54) is 122 Å². The molecule has 0 fully saturated rings. The van der Waals surface area contributed by atoms with E-state index in [1.807, 2.05) is 18.2 Å². The highest BCUT2D eigenvalue weighted by Crippen LogP contribution is 2.65. The molecule has 0 amide bonds. The molecule has 4 nitrogen and oxygen atoms in total. The summed E-state index contributed by atoms with van der Waals surface area (Å²) in [4.78, 5) is 6.81. The lowest BCUT2D eigenvalue weighted by atomic mass is 9.59. The lowest BCUT2D eigenvalue weighted by Crippen LogP contribution is -2.39. The summed E-state index contributed by atoms with van der Waals surface area (Å²) in [5, 5.41) is 0.273. The molecule has 0 spiro atoms. The van der Waals surface area contributed by atoms with Crippen molar-refractivity contribution in [2.24, 2.45) is 40.9 Å². The third-order valence-electron chi connectivity index (χ3n) is 30.8. The average Bonchev–Trinajstić information content (AvgIpc) is 1.54. The van der Waals surface area contributed by atoms with Gasteiger partial charge in [-0.05, 0) is 311 Å². The zero-order chi connectivity index (χ0) is 87.9. The van der Waals surface area contributed by atoms with Crippen molar-refractivity contribution in [3.63, 3.8) is 0 Å². The Bertz CT molecular complexity index is 6350. The van der Waals surface area contributed by atoms with E-state index in [1.54, 1.807) is 24.3 Å². The second kappa shape index (κ2) is 34.6. The Morgan fingerprint density at radius 2 is 1.31 bits per heavy atom. The zero-order valence-corrected chi connectivity index (χ0v) is 76.3. The van der Waals surface area contributed by atoms with Crippen molar-refractivity contribution in [1.29, 1.82) is 0 Å². The second-order valence-electron chi connectivity index (χ2n) is 40.2. The third-order valence-corrected chi connectivity index (χ3v) is 32.2. The standard InChI is InChI=1S/C122H118F2N2O2S/c1-9-79-25-61-103(62-26-79)127-105-65-45-93(46-66-105)121(91-41-37-89(38-42-91)119(3,4)5)113-23-13-11-21-107(113)109-69-57-99(75-115(109)121)125(97-53-33-83(34-54-97)87-19-15-17-85(73-87)81-29-49-95(123)50-30-81)101-59-71-111-112-72-60-102(78-118(112)129-117(111)77-101)126(98-55-35-84(36-56-98)88-20-16-18-86(74-88)82-31-51-96(124)52-32-82)100-58-70-110-108-22-12-14-24-114(108)122(116(110)76-100,92-43-39-90(40-44-92)120(6,7)8)94-47-67-106(68-48-94)128-104-63-27-80(10-2)28-64-104/h9-17,19-25,27-29,31,33,35,37,39-41,43-45,47-53,55-57,59-67,69,71-76,78-79,81-82,84,86,93,101,106,110-111,116-117H,1-2,18,26,30,32,34,36,38,42,46,54,58,68,70,77H2,3-8H3. The normalized spacial score (nSPS) is 28.0. The quantitative estimate of drug-likeness (QED) is 0.0709. The van der Waals surface area contributed by atoms with Gasteiger partial charge < -0.3 is 19.3 Å². The van der Waals surface area contributed by atoms with Crippen LogP contribution in [0.25, 0.3) is 22.8 Å². The molecule has 7 aromatic rings. The SMILES string of the molecule is C=Cc1ccc(OC2C=CC(C3(c4ccc(C(C)(C)C)cc4)c4ccccc4C4CCC(N(C5=CCC(C6=CC(C7C=CC(F)=CC7)CC=C6)C=C5)c5ccc6c(c5)SC5CC(N(C7=CC=C(c8cccc(C9C=CC(F)=CC9)c8)CC7)c7ccc8c(c7)C(C7=CC=C(C(C)(C)C)CC7)(C7C=CC(OC9=CCC(C=C)C=C9)=CC7)c7ccccc7-8)C=CC65)=CC43)=CC2)cc1. The van der Waals surface area contributed by atoms with Crippen LogP contribution in [0.2, 0.25) is 0 Å². The molecule has 0 aromatic heterocycles. The monoisotopic (exact) mass is 1710 g/mol. The first-order valence-electron chi connectivity index (χ1n) is 47.7. The Hall–Kier alpha value is -11.8. The lowest BCUT2D eigenvalue weighted by Gasteiger charge is -2.44. The van der Waals surface area contributed by atoms with E-state index >= 15 is 0 Å². The van der Waals surface area contributed by atoms with Gasteiger partial charge in [0.1, 0.15) is 35.0 Å². The Morgan fingerprint density at radius 3 is 2.02 bits per heavy atom. The van der Waals surface area contributed by atoms with Crippen molar-refractivity contribution in [1.82, 2.24) is 0 Å². The van der Waals surface area contributed by atoms with E-state index in [0.717, 1.165) is 106 Å². The van der Waals surface area contributed by atoms with Gasteiger partial charge in [-0.1, -0.05) is 296 Å². The van der Waals surface area contributed by atoms with Crippen LogP contribution in [-0.2, 0) is 21.0 Å². The molecule has 14 aliphatic rings. The Morgan fingerprint density at radius 1 is 0.527 bits per heavy atom. The highest BCUT2D eigenvalue weighted by Gasteiger charge is 2.56. The molecule has 1 heterocycles. The predicted molar refractivity (Wildman–Crippen MR) is 534 cm³/mol. The van der Waals surface area contributed by atoms with Gasteiger partial charge in [0.25, 0.3) is 0 Å². The Balaban J connectivity index is 0.655. The van der Waals surface area contributed by atoms with Gasteiger partial charge in [-0.15, -0.1) is 18.3 Å². The fourth-order valence-corrected chi connectivity index (χ4v) is 25.5. The molecule has 0 radical (unpaired) electrons. The maximum atomic E-state index is 14.4. The summed E-state index contributed by atoms with van der Waals surface area (Å²) in [6, 6.07) is 61.0. The van der Waals surface area contributed by atoms with E-state index in [0.29, 0.717) is 18.3 Å². The van der Waals surface area contributed by atoms with Gasteiger partial charge in [-0.25, -0.2) is 8.78 Å². The zero-order valence-electron chi connectivity index (χ0n) is 75.4. The van der Waals surface area contributed by atoms with Crippen molar-refractivity contribution >= 4 is 34.8 Å². The summed E-state index contributed by atoms with van der Waals surface area (Å²) >= 11 is 2.10. The lowest BCUT2D eigenvalue weighted by molar-refractivity contribution is 0.249. The Kier molecular flexibility index (Phi) is 22.5. The van der Waals surface area contributed by atoms with Gasteiger partial charge in [-0.2, -0.15) is 0 Å². The first kappa shape index (κ1) is 84.1. The summed E-state index contributed by atoms with van der Waals surface area (Å²) in [5.74, 6) is 4.31. The van der Waals surface area contributed by atoms with Crippen molar-refractivity contribution in [2.45, 2.75) is 188 Å². The average molecular weight is 1710 g/mol. The minimum Gasteiger partial charge on any atom is -0.486 e. The molecular weight excluding hydrogens is 1600 g/mol. The summed E-state index contributed by atoms with van der Waals surface area (Å²) in [5.41, 5.74) is 28.1. The molecule has 129 heavy (non-hydrogen) atoms. The molecule has 14 atom stereocenters. The van der Waals surface area contributed by atoms with Crippen LogP contribution in [0.1, 0.15) is 205 Å². The van der Waals surface area contributed by atoms with E-state index < -0.39 is 10.8 Å². The van der Waals surface area contributed by atoms with Gasteiger partial charge in [0.2, 0.25) is 0 Å². The number of hydrogen-bond donors (Lipinski definition) is 0. The van der Waals surface area contributed by atoms with Gasteiger partial charge in [0, 0.05) is 74.1 Å². The van der Waals surface area contributed by atoms with Crippen LogP contribution in [0.5, 0.6) is 5.75 Å². The van der Waals surface area contributed by atoms with E-state index in [9.17, 15) is 8.78 Å². The minimum absolute atomic E-state index is 0.0234. The summed E-state index contributed by atoms with van der Waals surface area (Å²) in [6.45, 7) is 22.2. The van der Waals surface area contributed by atoms with Crippen LogP contribution in [0, 0.1) is 40.9 Å². The number of ether oxygens (including phenoxy) is 2. The molecule has 1 aliphatic heterocycles. The highest BCUT2D eigenvalue weighted by molar-refractivity contribution is 8.00. The topological polar surface area (TPSA) is 24.9 Å². The van der Waals surface area contributed by atoms with Crippen molar-refractivity contribution in [3.05, 3.63) is 465 Å². The fraction of sp³-hybridized carbons (Fsp3) is 0.295. The van der Waals surface area contributed by atoms with Crippen LogP contribution in [0.15, 0.2) is 415 Å². The maximum Gasteiger partial charge on any atom is 0.123 e. The molecule has 14 unspecified atom stereocenters. The second-order valence-corrected chi connectivity index (χ2v) is 41.5. The predicted octanol–water partition coefficient (Wildman–Crippen LogP) is 31.7. The molecule has 7 heteroatoms. The van der Waals surface area contributed by atoms with E-state index in [4.69, 9.17) is 9.47 Å². The van der Waals surface area contributed by atoms with E-state index in [-0.39, 0.29) is 81.3 Å². The van der Waals surface area contributed by atoms with Crippen LogP contribution in [0.3, 0.4) is 0 Å². The fourth-order valence-electron chi connectivity index (χ4n) is 24.0. The van der Waals surface area contributed by atoms with Gasteiger partial charge >= 0.3 is 0 Å². The number of fused-ring (bicyclic) bond motifs is 9. The molecule has 7 aromatic carbocycles. The van der Waals surface area contributed by atoms with Crippen LogP contribution < -0.4 is 14.5 Å². The number of allylic oxidation sites excluding steroid dienone is 35. The van der Waals surface area contributed by atoms with Gasteiger partial charge in [0.05, 0.1) is 11.5 Å². The summed E-state index contributed by atoms with van der Waals surface area (Å²) in [7, 11) is 0. The van der Waals surface area contributed by atoms with Crippen LogP contribution >= 0.6 is 11.8 Å². The number of nitrogens with zero attached hydrogens (tertiary/aromatic N) is 2. The molecule has 0 bridgehead atoms. The number of thioether (sulfide) groups is 1. The first-order valence-corrected chi connectivity index (χ1v) is 48.5. The number of anilines is 2. The minimum atomic E-state index is -0.511.